The van der Waals surface area contributed by atoms with Crippen molar-refractivity contribution < 1.29 is 4.74 Å². The predicted octanol–water partition coefficient (Wildman–Crippen LogP) is 2.97. The Hall–Kier alpha value is -2.16. The molecule has 0 amide bonds. The van der Waals surface area contributed by atoms with Crippen molar-refractivity contribution in [1.29, 1.82) is 0 Å². The van der Waals surface area contributed by atoms with Crippen molar-refractivity contribution in [2.75, 3.05) is 24.3 Å². The fraction of sp³-hybridized carbons (Fsp3) is 0.200. The van der Waals surface area contributed by atoms with Crippen LogP contribution in [0, 0.1) is 0 Å². The fourth-order valence-corrected chi connectivity index (χ4v) is 2.26. The summed E-state index contributed by atoms with van der Waals surface area (Å²) < 4.78 is 5.52. The number of nitrogens with two attached hydrogens (primary N) is 1. The number of hydrogen-bond acceptors (Lipinski definition) is 3. The van der Waals surface area contributed by atoms with Gasteiger partial charge in [-0.05, 0) is 42.0 Å². The maximum atomic E-state index is 5.82. The van der Waals surface area contributed by atoms with Gasteiger partial charge in [0.1, 0.15) is 5.75 Å². The zero-order valence-electron chi connectivity index (χ0n) is 10.4. The van der Waals surface area contributed by atoms with E-state index in [1.54, 1.807) is 0 Å². The molecule has 3 nitrogen and oxygen atoms in total. The van der Waals surface area contributed by atoms with E-state index in [0.717, 1.165) is 35.8 Å². The molecule has 2 N–H and O–H groups in total. The van der Waals surface area contributed by atoms with E-state index < -0.39 is 0 Å². The average Bonchev–Trinajstić information content (AvgIpc) is 2.85. The minimum absolute atomic E-state index is 0.781. The van der Waals surface area contributed by atoms with Gasteiger partial charge in [0.2, 0.25) is 0 Å². The smallest absolute Gasteiger partial charge is 0.122 e. The molecule has 18 heavy (non-hydrogen) atoms. The van der Waals surface area contributed by atoms with Gasteiger partial charge in [-0.15, -0.1) is 0 Å². The Balaban J connectivity index is 1.95. The Labute approximate surface area is 107 Å². The summed E-state index contributed by atoms with van der Waals surface area (Å²) in [5.41, 5.74) is 10.1. The molecule has 2 aromatic rings. The SMILES string of the molecule is CN(c1cccc(N)c1)c1ccc2c(c1)CCO2. The minimum atomic E-state index is 0.781. The van der Waals surface area contributed by atoms with Gasteiger partial charge in [0, 0.05) is 30.5 Å². The molecule has 1 aliphatic heterocycles. The van der Waals surface area contributed by atoms with Crippen molar-refractivity contribution in [3.05, 3.63) is 48.0 Å². The molecule has 1 heterocycles. The number of nitrogen functional groups attached to an aromatic ring is 1. The van der Waals surface area contributed by atoms with E-state index in [-0.39, 0.29) is 0 Å². The van der Waals surface area contributed by atoms with Gasteiger partial charge < -0.3 is 15.4 Å². The number of nitrogens with zero attached hydrogens (tertiary/aromatic N) is 1. The number of fused-ring (bicyclic) bond motifs is 1. The van der Waals surface area contributed by atoms with Crippen LogP contribution >= 0.6 is 0 Å². The van der Waals surface area contributed by atoms with Crippen LogP contribution in [-0.4, -0.2) is 13.7 Å². The van der Waals surface area contributed by atoms with Crippen LogP contribution in [0.4, 0.5) is 17.1 Å². The Kier molecular flexibility index (Phi) is 2.59. The summed E-state index contributed by atoms with van der Waals surface area (Å²) in [6.07, 6.45) is 0.994. The number of ether oxygens (including phenoxy) is 1. The largest absolute Gasteiger partial charge is 0.493 e. The summed E-state index contributed by atoms with van der Waals surface area (Å²) in [6.45, 7) is 0.792. The van der Waals surface area contributed by atoms with E-state index in [1.807, 2.05) is 31.3 Å². The highest BCUT2D eigenvalue weighted by atomic mass is 16.5. The van der Waals surface area contributed by atoms with E-state index in [1.165, 1.54) is 5.56 Å². The van der Waals surface area contributed by atoms with E-state index in [0.29, 0.717) is 0 Å². The van der Waals surface area contributed by atoms with Crippen LogP contribution in [0.25, 0.3) is 0 Å². The number of hydrogen-bond donors (Lipinski definition) is 1. The van der Waals surface area contributed by atoms with Crippen LogP contribution in [0.3, 0.4) is 0 Å². The summed E-state index contributed by atoms with van der Waals surface area (Å²) in [7, 11) is 2.05. The molecule has 0 unspecified atom stereocenters. The van der Waals surface area contributed by atoms with Gasteiger partial charge in [-0.25, -0.2) is 0 Å². The summed E-state index contributed by atoms with van der Waals surface area (Å²) in [5, 5.41) is 0. The van der Waals surface area contributed by atoms with Gasteiger partial charge in [-0.3, -0.25) is 0 Å². The third-order valence-corrected chi connectivity index (χ3v) is 3.32. The van der Waals surface area contributed by atoms with Crippen LogP contribution in [0.5, 0.6) is 5.75 Å². The average molecular weight is 240 g/mol. The molecule has 0 fully saturated rings. The van der Waals surface area contributed by atoms with Gasteiger partial charge in [0.05, 0.1) is 6.61 Å². The van der Waals surface area contributed by atoms with Crippen LogP contribution in [0.1, 0.15) is 5.56 Å². The van der Waals surface area contributed by atoms with Gasteiger partial charge in [-0.1, -0.05) is 6.07 Å². The zero-order valence-corrected chi connectivity index (χ0v) is 10.4. The molecule has 3 heteroatoms. The Morgan fingerprint density at radius 2 is 1.94 bits per heavy atom. The second-order valence-electron chi connectivity index (χ2n) is 4.54. The van der Waals surface area contributed by atoms with Crippen molar-refractivity contribution in [3.63, 3.8) is 0 Å². The van der Waals surface area contributed by atoms with Crippen LogP contribution in [-0.2, 0) is 6.42 Å². The molecular formula is C15H16N2O. The van der Waals surface area contributed by atoms with E-state index in [4.69, 9.17) is 10.5 Å². The van der Waals surface area contributed by atoms with Gasteiger partial charge in [0.15, 0.2) is 0 Å². The molecule has 0 saturated carbocycles. The molecule has 0 saturated heterocycles. The molecule has 92 valence electrons. The Morgan fingerprint density at radius 3 is 2.78 bits per heavy atom. The van der Waals surface area contributed by atoms with Crippen molar-refractivity contribution in [3.8, 4) is 5.75 Å². The molecule has 1 aliphatic rings. The second-order valence-corrected chi connectivity index (χ2v) is 4.54. The molecule has 2 aromatic carbocycles. The first kappa shape index (κ1) is 11.0. The highest BCUT2D eigenvalue weighted by Crippen LogP contribution is 2.32. The molecule has 0 spiro atoms. The highest BCUT2D eigenvalue weighted by Gasteiger charge is 2.13. The molecule has 0 bridgehead atoms. The normalized spacial score (nSPS) is 12.9. The molecule has 0 atom stereocenters. The van der Waals surface area contributed by atoms with Crippen LogP contribution in [0.15, 0.2) is 42.5 Å². The van der Waals surface area contributed by atoms with Crippen molar-refractivity contribution in [1.82, 2.24) is 0 Å². The molecule has 0 radical (unpaired) electrons. The first-order chi connectivity index (χ1) is 8.74. The third-order valence-electron chi connectivity index (χ3n) is 3.32. The van der Waals surface area contributed by atoms with Gasteiger partial charge in [0.25, 0.3) is 0 Å². The summed E-state index contributed by atoms with van der Waals surface area (Å²) in [6, 6.07) is 14.2. The van der Waals surface area contributed by atoms with E-state index in [2.05, 4.69) is 23.1 Å². The van der Waals surface area contributed by atoms with Crippen LogP contribution < -0.4 is 15.4 Å². The summed E-state index contributed by atoms with van der Waals surface area (Å²) in [4.78, 5) is 2.13. The summed E-state index contributed by atoms with van der Waals surface area (Å²) in [5.74, 6) is 1.01. The highest BCUT2D eigenvalue weighted by molar-refractivity contribution is 5.67. The molecule has 0 aromatic heterocycles. The monoisotopic (exact) mass is 240 g/mol. The summed E-state index contributed by atoms with van der Waals surface area (Å²) >= 11 is 0. The van der Waals surface area contributed by atoms with Gasteiger partial charge >= 0.3 is 0 Å². The standard InChI is InChI=1S/C15H16N2O/c1-17(13-4-2-3-12(16)10-13)14-5-6-15-11(9-14)7-8-18-15/h2-6,9-10H,7-8,16H2,1H3. The lowest BCUT2D eigenvalue weighted by Gasteiger charge is -2.20. The molecule has 3 rings (SSSR count). The molecule has 0 aliphatic carbocycles. The van der Waals surface area contributed by atoms with E-state index >= 15 is 0 Å². The maximum Gasteiger partial charge on any atom is 0.122 e. The van der Waals surface area contributed by atoms with Crippen molar-refractivity contribution in [2.24, 2.45) is 0 Å². The minimum Gasteiger partial charge on any atom is -0.493 e. The predicted molar refractivity (Wildman–Crippen MR) is 74.6 cm³/mol. The zero-order chi connectivity index (χ0) is 12.5. The first-order valence-corrected chi connectivity index (χ1v) is 6.09. The maximum absolute atomic E-state index is 5.82. The lowest BCUT2D eigenvalue weighted by molar-refractivity contribution is 0.357. The quantitative estimate of drug-likeness (QED) is 0.820. The lowest BCUT2D eigenvalue weighted by atomic mass is 10.1. The van der Waals surface area contributed by atoms with Gasteiger partial charge in [-0.2, -0.15) is 0 Å². The van der Waals surface area contributed by atoms with Crippen LogP contribution in [0.2, 0.25) is 0 Å². The number of anilines is 3. The van der Waals surface area contributed by atoms with Crippen molar-refractivity contribution >= 4 is 17.1 Å². The number of benzene rings is 2. The Bertz CT molecular complexity index is 580. The topological polar surface area (TPSA) is 38.5 Å². The molecular weight excluding hydrogens is 224 g/mol. The first-order valence-electron chi connectivity index (χ1n) is 6.09. The van der Waals surface area contributed by atoms with E-state index in [9.17, 15) is 0 Å². The Morgan fingerprint density at radius 1 is 1.11 bits per heavy atom. The third kappa shape index (κ3) is 1.88. The second kappa shape index (κ2) is 4.26. The number of rotatable bonds is 2. The van der Waals surface area contributed by atoms with Crippen molar-refractivity contribution in [2.45, 2.75) is 6.42 Å². The lowest BCUT2D eigenvalue weighted by Crippen LogP contribution is -2.09. The fourth-order valence-electron chi connectivity index (χ4n) is 2.26.